The maximum atomic E-state index is 13.5. The predicted molar refractivity (Wildman–Crippen MR) is 66.2 cm³/mol. The molecular weight excluding hydrogens is 251 g/mol. The number of nitrogens with zero attached hydrogens (tertiary/aromatic N) is 2. The molecule has 0 aliphatic carbocycles. The van der Waals surface area contributed by atoms with Crippen molar-refractivity contribution in [2.75, 3.05) is 26.8 Å². The molecule has 0 spiro atoms. The Hall–Kier alpha value is -1.53. The van der Waals surface area contributed by atoms with E-state index in [1.54, 1.807) is 7.05 Å². The lowest BCUT2D eigenvalue weighted by Crippen LogP contribution is -2.47. The van der Waals surface area contributed by atoms with Crippen molar-refractivity contribution in [2.24, 2.45) is 0 Å². The first kappa shape index (κ1) is 13.9. The molecule has 6 heteroatoms. The molecule has 1 aliphatic heterocycles. The topological polar surface area (TPSA) is 62.7 Å². The van der Waals surface area contributed by atoms with E-state index in [2.05, 4.69) is 4.98 Å². The van der Waals surface area contributed by atoms with Crippen LogP contribution in [0.5, 0.6) is 0 Å². The Morgan fingerprint density at radius 1 is 1.58 bits per heavy atom. The Labute approximate surface area is 111 Å². The van der Waals surface area contributed by atoms with E-state index < -0.39 is 17.3 Å². The third-order valence-electron chi connectivity index (χ3n) is 3.30. The van der Waals surface area contributed by atoms with Gasteiger partial charge in [-0.15, -0.1) is 0 Å². The maximum absolute atomic E-state index is 13.5. The van der Waals surface area contributed by atoms with Crippen LogP contribution in [-0.4, -0.2) is 53.3 Å². The summed E-state index contributed by atoms with van der Waals surface area (Å²) in [6.45, 7) is 1.11. The summed E-state index contributed by atoms with van der Waals surface area (Å²) in [6.07, 6.45) is 3.32. The van der Waals surface area contributed by atoms with Crippen LogP contribution in [0.2, 0.25) is 0 Å². The summed E-state index contributed by atoms with van der Waals surface area (Å²) in [7, 11) is 1.55. The molecule has 1 aliphatic rings. The molecular formula is C13H17FN2O3. The number of likely N-dealkylation sites (N-methyl/N-ethyl adjacent to an activating group) is 1. The van der Waals surface area contributed by atoms with Crippen LogP contribution in [0.15, 0.2) is 18.5 Å². The molecule has 2 heterocycles. The van der Waals surface area contributed by atoms with Crippen LogP contribution in [0.1, 0.15) is 23.2 Å². The number of rotatable bonds is 3. The first-order valence-corrected chi connectivity index (χ1v) is 6.17. The minimum absolute atomic E-state index is 0.0341. The lowest BCUT2D eigenvalue weighted by atomic mass is 9.94. The van der Waals surface area contributed by atoms with Gasteiger partial charge < -0.3 is 14.7 Å². The number of pyridine rings is 1. The van der Waals surface area contributed by atoms with E-state index >= 15 is 0 Å². The van der Waals surface area contributed by atoms with E-state index in [4.69, 9.17) is 4.74 Å². The maximum Gasteiger partial charge on any atom is 0.256 e. The first-order chi connectivity index (χ1) is 9.02. The van der Waals surface area contributed by atoms with Crippen molar-refractivity contribution < 1.29 is 19.0 Å². The Balaban J connectivity index is 2.05. The van der Waals surface area contributed by atoms with Crippen molar-refractivity contribution in [3.63, 3.8) is 0 Å². The van der Waals surface area contributed by atoms with Gasteiger partial charge in [-0.2, -0.15) is 0 Å². The molecule has 1 fully saturated rings. The monoisotopic (exact) mass is 268 g/mol. The number of carbonyl (C=O) groups is 1. The fourth-order valence-corrected chi connectivity index (χ4v) is 2.18. The molecule has 0 unspecified atom stereocenters. The minimum Gasteiger partial charge on any atom is -0.388 e. The molecule has 0 saturated carbocycles. The summed E-state index contributed by atoms with van der Waals surface area (Å²) in [5.41, 5.74) is -0.986. The minimum atomic E-state index is -0.952. The van der Waals surface area contributed by atoms with E-state index in [9.17, 15) is 14.3 Å². The number of hydrogen-bond donors (Lipinski definition) is 1. The smallest absolute Gasteiger partial charge is 0.256 e. The second kappa shape index (κ2) is 5.63. The number of carbonyl (C=O) groups excluding carboxylic acids is 1. The van der Waals surface area contributed by atoms with E-state index in [0.717, 1.165) is 6.20 Å². The van der Waals surface area contributed by atoms with Crippen molar-refractivity contribution in [1.29, 1.82) is 0 Å². The van der Waals surface area contributed by atoms with Gasteiger partial charge in [0.05, 0.1) is 17.4 Å². The van der Waals surface area contributed by atoms with Crippen molar-refractivity contribution in [3.05, 3.63) is 29.8 Å². The number of hydrogen-bond acceptors (Lipinski definition) is 4. The zero-order valence-corrected chi connectivity index (χ0v) is 10.8. The summed E-state index contributed by atoms with van der Waals surface area (Å²) >= 11 is 0. The lowest BCUT2D eigenvalue weighted by Gasteiger charge is -2.35. The molecule has 104 valence electrons. The Kier molecular flexibility index (Phi) is 4.11. The van der Waals surface area contributed by atoms with Crippen LogP contribution in [-0.2, 0) is 4.74 Å². The highest BCUT2D eigenvalue weighted by molar-refractivity contribution is 5.94. The zero-order chi connectivity index (χ0) is 13.9. The van der Waals surface area contributed by atoms with Crippen LogP contribution < -0.4 is 0 Å². The van der Waals surface area contributed by atoms with Gasteiger partial charge in [-0.05, 0) is 6.07 Å². The third kappa shape index (κ3) is 3.27. The van der Waals surface area contributed by atoms with E-state index in [0.29, 0.717) is 26.1 Å². The number of ether oxygens (including phenoxy) is 1. The van der Waals surface area contributed by atoms with E-state index in [-0.39, 0.29) is 12.1 Å². The number of aromatic nitrogens is 1. The molecule has 0 aromatic carbocycles. The fourth-order valence-electron chi connectivity index (χ4n) is 2.18. The van der Waals surface area contributed by atoms with Gasteiger partial charge in [0.1, 0.15) is 0 Å². The van der Waals surface area contributed by atoms with Crippen molar-refractivity contribution in [3.8, 4) is 0 Å². The number of aliphatic hydroxyl groups is 1. The lowest BCUT2D eigenvalue weighted by molar-refractivity contribution is -0.0734. The first-order valence-electron chi connectivity index (χ1n) is 6.17. The van der Waals surface area contributed by atoms with Gasteiger partial charge in [0.2, 0.25) is 0 Å². The fraction of sp³-hybridized carbons (Fsp3) is 0.538. The van der Waals surface area contributed by atoms with Crippen LogP contribution >= 0.6 is 0 Å². The van der Waals surface area contributed by atoms with Crippen LogP contribution in [0.25, 0.3) is 0 Å². The molecule has 1 aromatic rings. The number of amides is 1. The van der Waals surface area contributed by atoms with Gasteiger partial charge in [0.15, 0.2) is 5.82 Å². The Bertz CT molecular complexity index is 461. The van der Waals surface area contributed by atoms with E-state index in [1.807, 2.05) is 0 Å². The Morgan fingerprint density at radius 2 is 2.26 bits per heavy atom. The predicted octanol–water partition coefficient (Wildman–Crippen LogP) is 0.834. The van der Waals surface area contributed by atoms with Gasteiger partial charge in [-0.25, -0.2) is 4.39 Å². The standard InChI is InChI=1S/C13H17FN2O3/c1-16(9-13(18)3-6-19-7-4-13)12(17)10-2-5-15-8-11(10)14/h2,5,8,18H,3-4,6-7,9H2,1H3. The molecule has 0 atom stereocenters. The molecule has 19 heavy (non-hydrogen) atoms. The van der Waals surface area contributed by atoms with Crippen molar-refractivity contribution in [2.45, 2.75) is 18.4 Å². The summed E-state index contributed by atoms with van der Waals surface area (Å²) in [5.74, 6) is -1.11. The van der Waals surface area contributed by atoms with Crippen LogP contribution in [0.3, 0.4) is 0 Å². The zero-order valence-electron chi connectivity index (χ0n) is 10.8. The summed E-state index contributed by atoms with van der Waals surface area (Å²) in [4.78, 5) is 17.0. The molecule has 1 aromatic heterocycles. The average Bonchev–Trinajstić information content (AvgIpc) is 2.39. The molecule has 2 rings (SSSR count). The normalized spacial score (nSPS) is 18.1. The quantitative estimate of drug-likeness (QED) is 0.882. The summed E-state index contributed by atoms with van der Waals surface area (Å²) in [5, 5.41) is 10.3. The van der Waals surface area contributed by atoms with Crippen LogP contribution in [0.4, 0.5) is 4.39 Å². The van der Waals surface area contributed by atoms with Gasteiger partial charge in [0, 0.05) is 45.8 Å². The average molecular weight is 268 g/mol. The highest BCUT2D eigenvalue weighted by atomic mass is 19.1. The third-order valence-corrected chi connectivity index (χ3v) is 3.30. The second-order valence-corrected chi connectivity index (χ2v) is 4.85. The van der Waals surface area contributed by atoms with Gasteiger partial charge in [0.25, 0.3) is 5.91 Å². The number of halogens is 1. The molecule has 1 N–H and O–H groups in total. The molecule has 1 saturated heterocycles. The van der Waals surface area contributed by atoms with Gasteiger partial charge in [-0.1, -0.05) is 0 Å². The van der Waals surface area contributed by atoms with E-state index in [1.165, 1.54) is 17.2 Å². The molecule has 0 radical (unpaired) electrons. The second-order valence-electron chi connectivity index (χ2n) is 4.85. The summed E-state index contributed by atoms with van der Waals surface area (Å²) < 4.78 is 18.7. The van der Waals surface area contributed by atoms with Crippen LogP contribution in [0, 0.1) is 5.82 Å². The van der Waals surface area contributed by atoms with Crippen molar-refractivity contribution >= 4 is 5.91 Å². The SMILES string of the molecule is CN(CC1(O)CCOCC1)C(=O)c1ccncc1F. The van der Waals surface area contributed by atoms with Crippen molar-refractivity contribution in [1.82, 2.24) is 9.88 Å². The van der Waals surface area contributed by atoms with Gasteiger partial charge >= 0.3 is 0 Å². The molecule has 5 nitrogen and oxygen atoms in total. The largest absolute Gasteiger partial charge is 0.388 e. The Morgan fingerprint density at radius 3 is 2.89 bits per heavy atom. The highest BCUT2D eigenvalue weighted by Crippen LogP contribution is 2.22. The summed E-state index contributed by atoms with van der Waals surface area (Å²) in [6, 6.07) is 1.34. The van der Waals surface area contributed by atoms with Gasteiger partial charge in [-0.3, -0.25) is 9.78 Å². The molecule has 0 bridgehead atoms. The highest BCUT2D eigenvalue weighted by Gasteiger charge is 2.32. The molecule has 1 amide bonds.